The molecule has 84 valence electrons. The Morgan fingerprint density at radius 2 is 2.25 bits per heavy atom. The minimum absolute atomic E-state index is 0.00208. The smallest absolute Gasteiger partial charge is 0.124 e. The van der Waals surface area contributed by atoms with Gasteiger partial charge in [0.1, 0.15) is 5.75 Å². The molecule has 0 fully saturated rings. The Bertz CT molecular complexity index is 466. The normalized spacial score (nSPS) is 12.6. The number of nitrogens with one attached hydrogen (secondary N) is 1. The molecule has 0 aliphatic rings. The molecule has 1 aromatic carbocycles. The molecule has 3 N–H and O–H groups in total. The summed E-state index contributed by atoms with van der Waals surface area (Å²) in [7, 11) is 0. The lowest BCUT2D eigenvalue weighted by molar-refractivity contribution is 0.275. The van der Waals surface area contributed by atoms with Crippen LogP contribution in [-0.2, 0) is 6.61 Å². The van der Waals surface area contributed by atoms with E-state index >= 15 is 0 Å². The number of hydrogen-bond donors (Lipinski definition) is 3. The quantitative estimate of drug-likeness (QED) is 0.735. The highest BCUT2D eigenvalue weighted by atomic mass is 16.3. The molecule has 4 heteroatoms. The number of nitrogens with zero attached hydrogens (tertiary/aromatic N) is 1. The van der Waals surface area contributed by atoms with E-state index in [1.807, 2.05) is 19.1 Å². The number of aliphatic hydroxyl groups excluding tert-OH is 1. The zero-order chi connectivity index (χ0) is 11.5. The summed E-state index contributed by atoms with van der Waals surface area (Å²) in [5.41, 5.74) is 2.18. The highest BCUT2D eigenvalue weighted by Crippen LogP contribution is 2.32. The van der Waals surface area contributed by atoms with Crippen molar-refractivity contribution in [1.82, 2.24) is 9.97 Å². The number of aromatic hydroxyl groups is 1. The van der Waals surface area contributed by atoms with E-state index in [-0.39, 0.29) is 18.3 Å². The van der Waals surface area contributed by atoms with Crippen LogP contribution in [0.4, 0.5) is 0 Å². The van der Waals surface area contributed by atoms with Gasteiger partial charge in [0, 0.05) is 23.2 Å². The fraction of sp³-hybridized carbons (Fsp3) is 0.250. The Balaban J connectivity index is 2.41. The monoisotopic (exact) mass is 218 g/mol. The van der Waals surface area contributed by atoms with E-state index in [0.29, 0.717) is 5.56 Å². The molecule has 1 aromatic heterocycles. The van der Waals surface area contributed by atoms with Crippen molar-refractivity contribution >= 4 is 0 Å². The fourth-order valence-corrected chi connectivity index (χ4v) is 1.76. The van der Waals surface area contributed by atoms with Crippen molar-refractivity contribution in [3.63, 3.8) is 0 Å². The molecule has 1 heterocycles. The summed E-state index contributed by atoms with van der Waals surface area (Å²) >= 11 is 0. The second-order valence-electron chi connectivity index (χ2n) is 3.73. The molecule has 2 rings (SSSR count). The molecule has 0 radical (unpaired) electrons. The van der Waals surface area contributed by atoms with E-state index in [0.717, 1.165) is 11.3 Å². The number of rotatable bonds is 3. The van der Waals surface area contributed by atoms with Crippen molar-refractivity contribution in [1.29, 1.82) is 0 Å². The van der Waals surface area contributed by atoms with Gasteiger partial charge in [-0.25, -0.2) is 4.98 Å². The van der Waals surface area contributed by atoms with Crippen LogP contribution < -0.4 is 0 Å². The van der Waals surface area contributed by atoms with Gasteiger partial charge in [0.05, 0.1) is 18.6 Å². The highest BCUT2D eigenvalue weighted by molar-refractivity contribution is 5.44. The molecule has 1 unspecified atom stereocenters. The van der Waals surface area contributed by atoms with E-state index in [4.69, 9.17) is 5.11 Å². The SMILES string of the molecule is CC(c1c[nH]cn1)c1cccc(CO)c1O. The maximum atomic E-state index is 9.96. The van der Waals surface area contributed by atoms with Crippen LogP contribution in [0.2, 0.25) is 0 Å². The fourth-order valence-electron chi connectivity index (χ4n) is 1.76. The number of benzene rings is 1. The highest BCUT2D eigenvalue weighted by Gasteiger charge is 2.15. The third-order valence-electron chi connectivity index (χ3n) is 2.75. The molecule has 0 aliphatic carbocycles. The predicted molar refractivity (Wildman–Crippen MR) is 60.1 cm³/mol. The predicted octanol–water partition coefficient (Wildman–Crippen LogP) is 1.76. The molecule has 1 atom stereocenters. The van der Waals surface area contributed by atoms with E-state index in [9.17, 15) is 5.11 Å². The molecule has 4 nitrogen and oxygen atoms in total. The molecule has 16 heavy (non-hydrogen) atoms. The van der Waals surface area contributed by atoms with Crippen molar-refractivity contribution in [2.45, 2.75) is 19.4 Å². The molecule has 0 amide bonds. The van der Waals surface area contributed by atoms with Gasteiger partial charge >= 0.3 is 0 Å². The zero-order valence-corrected chi connectivity index (χ0v) is 9.01. The molecule has 0 spiro atoms. The first-order chi connectivity index (χ1) is 7.74. The Labute approximate surface area is 93.6 Å². The van der Waals surface area contributed by atoms with Crippen molar-refractivity contribution < 1.29 is 10.2 Å². The molecule has 2 aromatic rings. The number of imidazole rings is 1. The Morgan fingerprint density at radius 1 is 1.44 bits per heavy atom. The number of H-pyrrole nitrogens is 1. The molecular weight excluding hydrogens is 204 g/mol. The van der Waals surface area contributed by atoms with Gasteiger partial charge in [-0.05, 0) is 0 Å². The average Bonchev–Trinajstić information content (AvgIpc) is 2.82. The van der Waals surface area contributed by atoms with Crippen molar-refractivity contribution in [3.8, 4) is 5.75 Å². The van der Waals surface area contributed by atoms with Gasteiger partial charge in [-0.1, -0.05) is 25.1 Å². The Hall–Kier alpha value is -1.81. The second-order valence-corrected chi connectivity index (χ2v) is 3.73. The van der Waals surface area contributed by atoms with Gasteiger partial charge in [-0.15, -0.1) is 0 Å². The van der Waals surface area contributed by atoms with Gasteiger partial charge in [0.15, 0.2) is 0 Å². The van der Waals surface area contributed by atoms with Crippen LogP contribution in [0.3, 0.4) is 0 Å². The zero-order valence-electron chi connectivity index (χ0n) is 9.01. The molecular formula is C12H14N2O2. The summed E-state index contributed by atoms with van der Waals surface area (Å²) in [6.45, 7) is 1.80. The Kier molecular flexibility index (Phi) is 2.92. The molecule has 0 aliphatic heterocycles. The maximum Gasteiger partial charge on any atom is 0.124 e. The number of hydrogen-bond acceptors (Lipinski definition) is 3. The largest absolute Gasteiger partial charge is 0.507 e. The lowest BCUT2D eigenvalue weighted by atomic mass is 9.95. The van der Waals surface area contributed by atoms with Crippen molar-refractivity contribution in [3.05, 3.63) is 47.5 Å². The number of para-hydroxylation sites is 1. The van der Waals surface area contributed by atoms with Crippen LogP contribution in [0, 0.1) is 0 Å². The molecule has 0 bridgehead atoms. The van der Waals surface area contributed by atoms with Crippen molar-refractivity contribution in [2.24, 2.45) is 0 Å². The van der Waals surface area contributed by atoms with Gasteiger partial charge in [-0.3, -0.25) is 0 Å². The van der Waals surface area contributed by atoms with Crippen LogP contribution in [0.15, 0.2) is 30.7 Å². The summed E-state index contributed by atoms with van der Waals surface area (Å²) < 4.78 is 0. The van der Waals surface area contributed by atoms with Crippen molar-refractivity contribution in [2.75, 3.05) is 0 Å². The lowest BCUT2D eigenvalue weighted by Crippen LogP contribution is -1.98. The van der Waals surface area contributed by atoms with Gasteiger partial charge in [0.2, 0.25) is 0 Å². The van der Waals surface area contributed by atoms with Gasteiger partial charge in [-0.2, -0.15) is 0 Å². The summed E-state index contributed by atoms with van der Waals surface area (Å²) in [5.74, 6) is 0.151. The Morgan fingerprint density at radius 3 is 2.88 bits per heavy atom. The van der Waals surface area contributed by atoms with Crippen LogP contribution >= 0.6 is 0 Å². The van der Waals surface area contributed by atoms with Crippen LogP contribution in [0.1, 0.15) is 29.7 Å². The second kappa shape index (κ2) is 4.37. The standard InChI is InChI=1S/C12H14N2O2/c1-8(11-5-13-7-14-11)10-4-2-3-9(6-15)12(10)16/h2-5,7-8,15-16H,6H2,1H3,(H,13,14). The first-order valence-corrected chi connectivity index (χ1v) is 5.14. The minimum Gasteiger partial charge on any atom is -0.507 e. The van der Waals surface area contributed by atoms with Crippen LogP contribution in [-0.4, -0.2) is 20.2 Å². The molecule has 0 saturated carbocycles. The number of phenols is 1. The first kappa shape index (κ1) is 10.7. The minimum atomic E-state index is -0.160. The number of aromatic amines is 1. The van der Waals surface area contributed by atoms with Crippen LogP contribution in [0.25, 0.3) is 0 Å². The number of aromatic nitrogens is 2. The third-order valence-corrected chi connectivity index (χ3v) is 2.75. The van der Waals surface area contributed by atoms with E-state index in [2.05, 4.69) is 9.97 Å². The summed E-state index contributed by atoms with van der Waals surface area (Å²) in [6, 6.07) is 5.37. The lowest BCUT2D eigenvalue weighted by Gasteiger charge is -2.13. The maximum absolute atomic E-state index is 9.96. The average molecular weight is 218 g/mol. The summed E-state index contributed by atoms with van der Waals surface area (Å²) in [5, 5.41) is 19.0. The topological polar surface area (TPSA) is 69.1 Å². The van der Waals surface area contributed by atoms with Gasteiger partial charge in [0.25, 0.3) is 0 Å². The van der Waals surface area contributed by atoms with Gasteiger partial charge < -0.3 is 15.2 Å². The number of aliphatic hydroxyl groups is 1. The summed E-state index contributed by atoms with van der Waals surface area (Å²) in [4.78, 5) is 7.05. The first-order valence-electron chi connectivity index (χ1n) is 5.14. The summed E-state index contributed by atoms with van der Waals surface area (Å²) in [6.07, 6.45) is 3.41. The van der Waals surface area contributed by atoms with E-state index in [1.54, 1.807) is 18.6 Å². The molecule has 0 saturated heterocycles. The third kappa shape index (κ3) is 1.79. The van der Waals surface area contributed by atoms with Crippen LogP contribution in [0.5, 0.6) is 5.75 Å². The van der Waals surface area contributed by atoms with E-state index < -0.39 is 0 Å². The van der Waals surface area contributed by atoms with E-state index in [1.165, 1.54) is 0 Å².